The standard InChI is InChI=1S/C24H30F2O3/c1-3-5-17-6-8-18(9-7-17)19-10-11-20(28-15-19)16-29-22-13-12-21(27-14-4-2)23(25)24(22)26/h6-9,12-13,19-20H,3-5,10-11,14-16H2,1-2H3. The molecule has 0 saturated carbocycles. The highest BCUT2D eigenvalue weighted by Crippen LogP contribution is 2.31. The van der Waals surface area contributed by atoms with E-state index in [1.165, 1.54) is 23.3 Å². The Balaban J connectivity index is 1.49. The van der Waals surface area contributed by atoms with Gasteiger partial charge >= 0.3 is 0 Å². The van der Waals surface area contributed by atoms with Crippen molar-refractivity contribution >= 4 is 0 Å². The lowest BCUT2D eigenvalue weighted by Crippen LogP contribution is -2.29. The van der Waals surface area contributed by atoms with Gasteiger partial charge in [-0.3, -0.25) is 0 Å². The molecule has 2 aromatic carbocycles. The Hall–Kier alpha value is -2.14. The number of benzene rings is 2. The van der Waals surface area contributed by atoms with E-state index in [2.05, 4.69) is 31.2 Å². The topological polar surface area (TPSA) is 27.7 Å². The Kier molecular flexibility index (Phi) is 7.87. The predicted molar refractivity (Wildman–Crippen MR) is 110 cm³/mol. The van der Waals surface area contributed by atoms with Crippen LogP contribution < -0.4 is 9.47 Å². The van der Waals surface area contributed by atoms with E-state index in [0.29, 0.717) is 19.1 Å². The van der Waals surface area contributed by atoms with Crippen molar-refractivity contribution < 1.29 is 23.0 Å². The van der Waals surface area contributed by atoms with E-state index in [1.807, 2.05) is 6.92 Å². The molecule has 0 aliphatic carbocycles. The monoisotopic (exact) mass is 404 g/mol. The van der Waals surface area contributed by atoms with Gasteiger partial charge in [-0.05, 0) is 48.9 Å². The maximum atomic E-state index is 14.2. The van der Waals surface area contributed by atoms with Crippen molar-refractivity contribution in [2.24, 2.45) is 0 Å². The molecule has 2 aromatic rings. The number of rotatable bonds is 9. The van der Waals surface area contributed by atoms with Crippen molar-refractivity contribution in [2.75, 3.05) is 19.8 Å². The lowest BCUT2D eigenvalue weighted by molar-refractivity contribution is -0.0219. The van der Waals surface area contributed by atoms with E-state index >= 15 is 0 Å². The summed E-state index contributed by atoms with van der Waals surface area (Å²) in [6, 6.07) is 11.6. The lowest BCUT2D eigenvalue weighted by atomic mass is 9.90. The molecule has 1 fully saturated rings. The van der Waals surface area contributed by atoms with Crippen molar-refractivity contribution in [1.82, 2.24) is 0 Å². The van der Waals surface area contributed by atoms with Crippen LogP contribution in [-0.2, 0) is 11.2 Å². The molecule has 2 unspecified atom stereocenters. The van der Waals surface area contributed by atoms with E-state index in [0.717, 1.165) is 32.1 Å². The van der Waals surface area contributed by atoms with Gasteiger partial charge in [0.2, 0.25) is 11.6 Å². The number of aryl methyl sites for hydroxylation is 1. The van der Waals surface area contributed by atoms with Gasteiger partial charge in [0.1, 0.15) is 6.61 Å². The molecule has 29 heavy (non-hydrogen) atoms. The zero-order valence-electron chi connectivity index (χ0n) is 17.3. The summed E-state index contributed by atoms with van der Waals surface area (Å²) < 4.78 is 44.9. The van der Waals surface area contributed by atoms with Crippen molar-refractivity contribution in [2.45, 2.75) is 58.0 Å². The molecule has 0 radical (unpaired) electrons. The SMILES string of the molecule is CCCOc1ccc(OCC2CCC(c3ccc(CCC)cc3)CO2)c(F)c1F. The highest BCUT2D eigenvalue weighted by atomic mass is 19.2. The first-order chi connectivity index (χ1) is 14.1. The summed E-state index contributed by atoms with van der Waals surface area (Å²) in [4.78, 5) is 0. The van der Waals surface area contributed by atoms with Crippen LogP contribution in [0.15, 0.2) is 36.4 Å². The van der Waals surface area contributed by atoms with Gasteiger partial charge in [-0.15, -0.1) is 0 Å². The second-order valence-corrected chi connectivity index (χ2v) is 7.57. The normalized spacial score (nSPS) is 19.2. The molecule has 5 heteroatoms. The molecule has 3 nitrogen and oxygen atoms in total. The minimum absolute atomic E-state index is 0.0848. The summed E-state index contributed by atoms with van der Waals surface area (Å²) in [6.07, 6.45) is 4.66. The van der Waals surface area contributed by atoms with Crippen LogP contribution in [-0.4, -0.2) is 25.9 Å². The number of hydrogen-bond donors (Lipinski definition) is 0. The Morgan fingerprint density at radius 1 is 0.897 bits per heavy atom. The Morgan fingerprint density at radius 3 is 2.17 bits per heavy atom. The molecule has 1 aliphatic heterocycles. The molecule has 0 aromatic heterocycles. The summed E-state index contributed by atoms with van der Waals surface area (Å²) in [5, 5.41) is 0. The van der Waals surface area contributed by atoms with Gasteiger partial charge < -0.3 is 14.2 Å². The number of ether oxygens (including phenoxy) is 3. The van der Waals surface area contributed by atoms with Gasteiger partial charge in [-0.2, -0.15) is 8.78 Å². The molecule has 3 rings (SSSR count). The lowest BCUT2D eigenvalue weighted by Gasteiger charge is -2.29. The minimum atomic E-state index is -1.01. The summed E-state index contributed by atoms with van der Waals surface area (Å²) in [5.41, 5.74) is 2.65. The van der Waals surface area contributed by atoms with Crippen LogP contribution in [0, 0.1) is 11.6 Å². The van der Waals surface area contributed by atoms with Gasteiger partial charge in [0, 0.05) is 5.92 Å². The van der Waals surface area contributed by atoms with Crippen molar-refractivity contribution in [3.05, 3.63) is 59.2 Å². The summed E-state index contributed by atoms with van der Waals surface area (Å²) >= 11 is 0. The second kappa shape index (κ2) is 10.6. The molecule has 1 aliphatic rings. The van der Waals surface area contributed by atoms with Crippen LogP contribution in [0.1, 0.15) is 56.6 Å². The fraction of sp³-hybridized carbons (Fsp3) is 0.500. The molecule has 0 N–H and O–H groups in total. The molecule has 0 spiro atoms. The summed E-state index contributed by atoms with van der Waals surface area (Å²) in [6.45, 7) is 5.24. The van der Waals surface area contributed by atoms with Crippen LogP contribution in [0.4, 0.5) is 8.78 Å². The largest absolute Gasteiger partial charge is 0.490 e. The molecule has 0 bridgehead atoms. The van der Waals surface area contributed by atoms with E-state index < -0.39 is 11.6 Å². The average Bonchev–Trinajstić information content (AvgIpc) is 2.75. The second-order valence-electron chi connectivity index (χ2n) is 7.57. The minimum Gasteiger partial charge on any atom is -0.490 e. The third kappa shape index (κ3) is 5.69. The zero-order chi connectivity index (χ0) is 20.6. The van der Waals surface area contributed by atoms with Gasteiger partial charge in [0.05, 0.1) is 19.3 Å². The van der Waals surface area contributed by atoms with Crippen LogP contribution in [0.2, 0.25) is 0 Å². The summed E-state index contributed by atoms with van der Waals surface area (Å²) in [7, 11) is 0. The first-order valence-corrected chi connectivity index (χ1v) is 10.6. The van der Waals surface area contributed by atoms with Crippen molar-refractivity contribution in [1.29, 1.82) is 0 Å². The maximum absolute atomic E-state index is 14.2. The van der Waals surface area contributed by atoms with Crippen LogP contribution in [0.3, 0.4) is 0 Å². The molecule has 0 amide bonds. The molecule has 1 saturated heterocycles. The summed E-state index contributed by atoms with van der Waals surface area (Å²) in [5.74, 6) is -1.85. The fourth-order valence-electron chi connectivity index (χ4n) is 3.58. The maximum Gasteiger partial charge on any atom is 0.204 e. The highest BCUT2D eigenvalue weighted by Gasteiger charge is 2.24. The molecule has 2 atom stereocenters. The Bertz CT molecular complexity index is 768. The van der Waals surface area contributed by atoms with E-state index in [-0.39, 0.29) is 24.2 Å². The zero-order valence-corrected chi connectivity index (χ0v) is 17.3. The first kappa shape index (κ1) is 21.6. The number of halogens is 2. The van der Waals surface area contributed by atoms with Crippen molar-refractivity contribution in [3.63, 3.8) is 0 Å². The fourth-order valence-corrected chi connectivity index (χ4v) is 3.58. The molecule has 158 valence electrons. The first-order valence-electron chi connectivity index (χ1n) is 10.6. The van der Waals surface area contributed by atoms with Gasteiger partial charge in [-0.25, -0.2) is 0 Å². The molecular formula is C24H30F2O3. The highest BCUT2D eigenvalue weighted by molar-refractivity contribution is 5.35. The Morgan fingerprint density at radius 2 is 1.59 bits per heavy atom. The van der Waals surface area contributed by atoms with E-state index in [4.69, 9.17) is 14.2 Å². The molecule has 1 heterocycles. The van der Waals surface area contributed by atoms with Gasteiger partial charge in [0.25, 0.3) is 0 Å². The number of hydrogen-bond acceptors (Lipinski definition) is 3. The quantitative estimate of drug-likeness (QED) is 0.509. The molecular weight excluding hydrogens is 374 g/mol. The third-order valence-electron chi connectivity index (χ3n) is 5.26. The predicted octanol–water partition coefficient (Wildman–Crippen LogP) is 6.05. The van der Waals surface area contributed by atoms with Gasteiger partial charge in [0.15, 0.2) is 11.5 Å². The van der Waals surface area contributed by atoms with Gasteiger partial charge in [-0.1, -0.05) is 44.5 Å². The smallest absolute Gasteiger partial charge is 0.204 e. The van der Waals surface area contributed by atoms with E-state index in [9.17, 15) is 8.78 Å². The third-order valence-corrected chi connectivity index (χ3v) is 5.26. The van der Waals surface area contributed by atoms with Crippen LogP contribution >= 0.6 is 0 Å². The van der Waals surface area contributed by atoms with Crippen molar-refractivity contribution in [3.8, 4) is 11.5 Å². The Labute approximate surface area is 172 Å². The van der Waals surface area contributed by atoms with Crippen LogP contribution in [0.5, 0.6) is 11.5 Å². The van der Waals surface area contributed by atoms with E-state index in [1.54, 1.807) is 0 Å². The van der Waals surface area contributed by atoms with Crippen LogP contribution in [0.25, 0.3) is 0 Å². The average molecular weight is 404 g/mol.